The maximum Gasteiger partial charge on any atom is 0.340 e. The molecule has 2 rings (SSSR count). The molecule has 5 nitrogen and oxygen atoms in total. The highest BCUT2D eigenvalue weighted by molar-refractivity contribution is 7.09. The number of aromatic nitrogens is 2. The Morgan fingerprint density at radius 3 is 2.67 bits per heavy atom. The van der Waals surface area contributed by atoms with Gasteiger partial charge in [-0.1, -0.05) is 0 Å². The number of thiazole rings is 1. The maximum atomic E-state index is 12.2. The Hall–Kier alpha value is -1.95. The van der Waals surface area contributed by atoms with E-state index in [-0.39, 0.29) is 5.56 Å². The fourth-order valence-electron chi connectivity index (χ4n) is 2.24. The average molecular weight is 306 g/mol. The Morgan fingerprint density at radius 2 is 2.10 bits per heavy atom. The predicted octanol–water partition coefficient (Wildman–Crippen LogP) is 2.46. The first-order chi connectivity index (χ1) is 9.93. The first kappa shape index (κ1) is 15.4. The van der Waals surface area contributed by atoms with Gasteiger partial charge in [0.1, 0.15) is 5.01 Å². The molecular weight excluding hydrogens is 288 g/mol. The third-order valence-electron chi connectivity index (χ3n) is 3.21. The van der Waals surface area contributed by atoms with Crippen molar-refractivity contribution in [3.05, 3.63) is 49.3 Å². The number of carbonyl (C=O) groups is 1. The van der Waals surface area contributed by atoms with Crippen LogP contribution in [-0.4, -0.2) is 22.1 Å². The number of rotatable bonds is 4. The van der Waals surface area contributed by atoms with E-state index in [4.69, 9.17) is 4.74 Å². The molecule has 112 valence electrons. The molecule has 2 aromatic rings. The van der Waals surface area contributed by atoms with Gasteiger partial charge in [-0.2, -0.15) is 0 Å². The van der Waals surface area contributed by atoms with Gasteiger partial charge in [-0.3, -0.25) is 4.79 Å². The zero-order valence-electron chi connectivity index (χ0n) is 12.6. The van der Waals surface area contributed by atoms with E-state index in [1.54, 1.807) is 25.3 Å². The minimum Gasteiger partial charge on any atom is -0.462 e. The lowest BCUT2D eigenvalue weighted by atomic mass is 10.1. The molecule has 0 saturated heterocycles. The third kappa shape index (κ3) is 3.21. The van der Waals surface area contributed by atoms with E-state index in [0.29, 0.717) is 30.0 Å². The quantitative estimate of drug-likeness (QED) is 0.814. The lowest BCUT2D eigenvalue weighted by Gasteiger charge is -2.14. The summed E-state index contributed by atoms with van der Waals surface area (Å²) in [7, 11) is 0. The van der Waals surface area contributed by atoms with Gasteiger partial charge in [-0.25, -0.2) is 9.78 Å². The van der Waals surface area contributed by atoms with Crippen molar-refractivity contribution < 1.29 is 9.53 Å². The molecule has 0 fully saturated rings. The van der Waals surface area contributed by atoms with Crippen LogP contribution < -0.4 is 5.56 Å². The van der Waals surface area contributed by atoms with Crippen LogP contribution in [0, 0.1) is 20.8 Å². The number of ether oxygens (including phenoxy) is 1. The molecule has 0 radical (unpaired) electrons. The fraction of sp³-hybridized carbons (Fsp3) is 0.400. The second kappa shape index (κ2) is 6.22. The van der Waals surface area contributed by atoms with E-state index in [1.807, 2.05) is 12.3 Å². The lowest BCUT2D eigenvalue weighted by molar-refractivity contribution is 0.0523. The molecule has 0 aliphatic rings. The largest absolute Gasteiger partial charge is 0.462 e. The van der Waals surface area contributed by atoms with Gasteiger partial charge in [-0.05, 0) is 33.3 Å². The maximum absolute atomic E-state index is 12.2. The molecule has 0 aliphatic heterocycles. The van der Waals surface area contributed by atoms with Gasteiger partial charge in [0.15, 0.2) is 0 Å². The Morgan fingerprint density at radius 1 is 1.38 bits per heavy atom. The fourth-order valence-corrected chi connectivity index (χ4v) is 3.00. The van der Waals surface area contributed by atoms with E-state index in [9.17, 15) is 9.59 Å². The van der Waals surface area contributed by atoms with Crippen LogP contribution in [0.2, 0.25) is 0 Å². The zero-order chi connectivity index (χ0) is 15.6. The molecule has 0 aromatic carbocycles. The number of pyridine rings is 1. The van der Waals surface area contributed by atoms with Crippen molar-refractivity contribution in [2.75, 3.05) is 6.61 Å². The highest BCUT2D eigenvalue weighted by atomic mass is 32.1. The third-order valence-corrected chi connectivity index (χ3v) is 4.16. The van der Waals surface area contributed by atoms with Crippen molar-refractivity contribution in [2.24, 2.45) is 0 Å². The summed E-state index contributed by atoms with van der Waals surface area (Å²) in [5.41, 5.74) is 2.52. The zero-order valence-corrected chi connectivity index (χ0v) is 13.4. The topological polar surface area (TPSA) is 61.2 Å². The van der Waals surface area contributed by atoms with E-state index < -0.39 is 5.97 Å². The van der Waals surface area contributed by atoms with Crippen LogP contribution in [0.3, 0.4) is 0 Å². The van der Waals surface area contributed by atoms with Crippen molar-refractivity contribution in [1.29, 1.82) is 0 Å². The molecule has 21 heavy (non-hydrogen) atoms. The highest BCUT2D eigenvalue weighted by Crippen LogP contribution is 2.16. The van der Waals surface area contributed by atoms with Crippen LogP contribution in [-0.2, 0) is 11.3 Å². The minimum absolute atomic E-state index is 0.133. The van der Waals surface area contributed by atoms with E-state index in [0.717, 1.165) is 10.7 Å². The predicted molar refractivity (Wildman–Crippen MR) is 82.1 cm³/mol. The molecule has 2 heterocycles. The standard InChI is InChI=1S/C15H18N2O3S/c1-5-20-15(19)14-9(2)6-13(18)17(11(14)4)7-12-16-10(3)8-21-12/h6,8H,5,7H2,1-4H3. The summed E-state index contributed by atoms with van der Waals surface area (Å²) in [6.45, 7) is 7.86. The van der Waals surface area contributed by atoms with E-state index in [2.05, 4.69) is 4.98 Å². The number of nitrogens with zero attached hydrogens (tertiary/aromatic N) is 2. The molecule has 0 saturated carbocycles. The van der Waals surface area contributed by atoms with Crippen LogP contribution in [0.25, 0.3) is 0 Å². The molecule has 0 N–H and O–H groups in total. The monoisotopic (exact) mass is 306 g/mol. The van der Waals surface area contributed by atoms with Crippen LogP contribution in [0.5, 0.6) is 0 Å². The number of hydrogen-bond acceptors (Lipinski definition) is 5. The van der Waals surface area contributed by atoms with Gasteiger partial charge in [-0.15, -0.1) is 11.3 Å². The van der Waals surface area contributed by atoms with Crippen LogP contribution >= 0.6 is 11.3 Å². The molecule has 0 unspecified atom stereocenters. The van der Waals surface area contributed by atoms with E-state index in [1.165, 1.54) is 17.4 Å². The Balaban J connectivity index is 2.48. The number of aryl methyl sites for hydroxylation is 2. The summed E-state index contributed by atoms with van der Waals surface area (Å²) in [6, 6.07) is 1.47. The Labute approximate surface area is 127 Å². The number of esters is 1. The Kier molecular flexibility index (Phi) is 4.57. The van der Waals surface area contributed by atoms with Gasteiger partial charge < -0.3 is 9.30 Å². The lowest BCUT2D eigenvalue weighted by Crippen LogP contribution is -2.26. The smallest absolute Gasteiger partial charge is 0.340 e. The summed E-state index contributed by atoms with van der Waals surface area (Å²) in [5, 5.41) is 2.78. The highest BCUT2D eigenvalue weighted by Gasteiger charge is 2.18. The Bertz CT molecular complexity index is 731. The molecule has 0 spiro atoms. The number of carbonyl (C=O) groups excluding carboxylic acids is 1. The molecule has 0 amide bonds. The summed E-state index contributed by atoms with van der Waals surface area (Å²) >= 11 is 1.50. The minimum atomic E-state index is -0.392. The van der Waals surface area contributed by atoms with Crippen molar-refractivity contribution >= 4 is 17.3 Å². The SMILES string of the molecule is CCOC(=O)c1c(C)cc(=O)n(Cc2nc(C)cs2)c1C. The molecule has 0 aliphatic carbocycles. The van der Waals surface area contributed by atoms with Gasteiger partial charge in [0.2, 0.25) is 0 Å². The van der Waals surface area contributed by atoms with Crippen LogP contribution in [0.15, 0.2) is 16.2 Å². The first-order valence-corrected chi connectivity index (χ1v) is 7.61. The van der Waals surface area contributed by atoms with Crippen molar-refractivity contribution in [3.8, 4) is 0 Å². The molecule has 6 heteroatoms. The molecule has 0 bridgehead atoms. The molecular formula is C15H18N2O3S. The van der Waals surface area contributed by atoms with Gasteiger partial charge in [0.25, 0.3) is 5.56 Å². The summed E-state index contributed by atoms with van der Waals surface area (Å²) < 4.78 is 6.64. The normalized spacial score (nSPS) is 10.7. The van der Waals surface area contributed by atoms with E-state index >= 15 is 0 Å². The van der Waals surface area contributed by atoms with Crippen LogP contribution in [0.4, 0.5) is 0 Å². The summed E-state index contributed by atoms with van der Waals surface area (Å²) in [6.07, 6.45) is 0. The summed E-state index contributed by atoms with van der Waals surface area (Å²) in [4.78, 5) is 28.6. The molecule has 0 atom stereocenters. The average Bonchev–Trinajstić information content (AvgIpc) is 2.80. The van der Waals surface area contributed by atoms with Gasteiger partial charge in [0, 0.05) is 22.8 Å². The van der Waals surface area contributed by atoms with Crippen molar-refractivity contribution in [3.63, 3.8) is 0 Å². The summed E-state index contributed by atoms with van der Waals surface area (Å²) in [5.74, 6) is -0.392. The van der Waals surface area contributed by atoms with Gasteiger partial charge >= 0.3 is 5.97 Å². The number of hydrogen-bond donors (Lipinski definition) is 0. The second-order valence-electron chi connectivity index (χ2n) is 4.82. The van der Waals surface area contributed by atoms with Crippen LogP contribution in [0.1, 0.15) is 39.2 Å². The van der Waals surface area contributed by atoms with Gasteiger partial charge in [0.05, 0.1) is 18.7 Å². The van der Waals surface area contributed by atoms with Crippen molar-refractivity contribution in [2.45, 2.75) is 34.2 Å². The van der Waals surface area contributed by atoms with Crippen molar-refractivity contribution in [1.82, 2.24) is 9.55 Å². The molecule has 2 aromatic heterocycles. The first-order valence-electron chi connectivity index (χ1n) is 6.73. The second-order valence-corrected chi connectivity index (χ2v) is 5.76.